The van der Waals surface area contributed by atoms with Gasteiger partial charge in [0.1, 0.15) is 4.60 Å². The minimum Gasteiger partial charge on any atom is -0.369 e. The van der Waals surface area contributed by atoms with Crippen LogP contribution in [-0.2, 0) is 7.05 Å². The van der Waals surface area contributed by atoms with Gasteiger partial charge in [0.05, 0.1) is 5.69 Å². The minimum absolute atomic E-state index is 0.410. The fourth-order valence-electron chi connectivity index (χ4n) is 0.884. The minimum atomic E-state index is 0.410. The lowest BCUT2D eigenvalue weighted by Gasteiger charge is -1.99. The topological polar surface area (TPSA) is 43.8 Å². The fourth-order valence-corrected chi connectivity index (χ4v) is 1.61. The molecule has 0 bridgehead atoms. The Morgan fingerprint density at radius 3 is 2.27 bits per heavy atom. The molecule has 0 radical (unpaired) electrons. The van der Waals surface area contributed by atoms with E-state index in [0.29, 0.717) is 11.9 Å². The van der Waals surface area contributed by atoms with Crippen molar-refractivity contribution in [3.63, 3.8) is 0 Å². The summed E-state index contributed by atoms with van der Waals surface area (Å²) in [6, 6.07) is 0. The molecule has 0 aliphatic carbocycles. The Kier molecular flexibility index (Phi) is 2.23. The summed E-state index contributed by atoms with van der Waals surface area (Å²) in [6.07, 6.45) is 0. The van der Waals surface area contributed by atoms with E-state index in [9.17, 15) is 0 Å². The molecule has 0 atom stereocenters. The average molecular weight is 218 g/mol. The predicted octanol–water partition coefficient (Wildman–Crippen LogP) is 1.89. The van der Waals surface area contributed by atoms with Gasteiger partial charge in [-0.1, -0.05) is 13.8 Å². The lowest BCUT2D eigenvalue weighted by molar-refractivity contribution is 0.817. The molecule has 0 unspecified atom stereocenters. The van der Waals surface area contributed by atoms with Crippen LogP contribution in [0.1, 0.15) is 25.5 Å². The largest absolute Gasteiger partial charge is 0.369 e. The van der Waals surface area contributed by atoms with Crippen LogP contribution in [0.5, 0.6) is 0 Å². The molecule has 3 nitrogen and oxygen atoms in total. The maximum absolute atomic E-state index is 5.60. The number of nitrogen functional groups attached to an aromatic ring is 1. The van der Waals surface area contributed by atoms with Gasteiger partial charge in [-0.2, -0.15) is 0 Å². The second-order valence-electron chi connectivity index (χ2n) is 2.86. The van der Waals surface area contributed by atoms with Crippen molar-refractivity contribution in [3.8, 4) is 0 Å². The molecule has 1 heterocycles. The van der Waals surface area contributed by atoms with Gasteiger partial charge in [-0.15, -0.1) is 0 Å². The molecule has 0 aliphatic heterocycles. The number of nitrogens with two attached hydrogens (primary N) is 1. The van der Waals surface area contributed by atoms with Gasteiger partial charge in [-0.3, -0.25) is 0 Å². The summed E-state index contributed by atoms with van der Waals surface area (Å²) in [7, 11) is 1.89. The molecule has 0 saturated carbocycles. The van der Waals surface area contributed by atoms with Gasteiger partial charge in [-0.25, -0.2) is 4.98 Å². The van der Waals surface area contributed by atoms with Crippen LogP contribution in [0.4, 0.5) is 5.95 Å². The lowest BCUT2D eigenvalue weighted by atomic mass is 10.2. The van der Waals surface area contributed by atoms with Crippen LogP contribution in [0, 0.1) is 0 Å². The SMILES string of the molecule is CC(C)c1nc(N)n(C)c1Br. The van der Waals surface area contributed by atoms with Crippen molar-refractivity contribution in [3.05, 3.63) is 10.3 Å². The summed E-state index contributed by atoms with van der Waals surface area (Å²) in [4.78, 5) is 4.20. The first-order valence-electron chi connectivity index (χ1n) is 3.51. The van der Waals surface area contributed by atoms with Crippen LogP contribution >= 0.6 is 15.9 Å². The molecular weight excluding hydrogens is 206 g/mol. The van der Waals surface area contributed by atoms with Gasteiger partial charge >= 0.3 is 0 Å². The zero-order chi connectivity index (χ0) is 8.59. The van der Waals surface area contributed by atoms with Gasteiger partial charge < -0.3 is 10.3 Å². The molecule has 0 spiro atoms. The van der Waals surface area contributed by atoms with Crippen LogP contribution in [0.3, 0.4) is 0 Å². The van der Waals surface area contributed by atoms with Crippen molar-refractivity contribution >= 4 is 21.9 Å². The van der Waals surface area contributed by atoms with Crippen molar-refractivity contribution in [2.24, 2.45) is 7.05 Å². The van der Waals surface area contributed by atoms with E-state index in [0.717, 1.165) is 10.3 Å². The summed E-state index contributed by atoms with van der Waals surface area (Å²) >= 11 is 3.42. The molecule has 0 aliphatic rings. The normalized spacial score (nSPS) is 11.0. The van der Waals surface area contributed by atoms with E-state index in [1.165, 1.54) is 0 Å². The molecule has 0 aromatic carbocycles. The van der Waals surface area contributed by atoms with E-state index in [4.69, 9.17) is 5.73 Å². The highest BCUT2D eigenvalue weighted by molar-refractivity contribution is 9.10. The molecule has 0 fully saturated rings. The molecule has 2 N–H and O–H groups in total. The summed E-state index contributed by atoms with van der Waals surface area (Å²) in [5.41, 5.74) is 6.62. The molecule has 1 aromatic rings. The van der Waals surface area contributed by atoms with E-state index in [1.54, 1.807) is 0 Å². The maximum atomic E-state index is 5.60. The molecular formula is C7H12BrN3. The number of halogens is 1. The third kappa shape index (κ3) is 1.40. The summed E-state index contributed by atoms with van der Waals surface area (Å²) in [6.45, 7) is 4.18. The van der Waals surface area contributed by atoms with Gasteiger partial charge in [0.2, 0.25) is 5.95 Å². The quantitative estimate of drug-likeness (QED) is 0.782. The zero-order valence-corrected chi connectivity index (χ0v) is 8.51. The number of imidazole rings is 1. The first-order chi connectivity index (χ1) is 5.04. The molecule has 1 aromatic heterocycles. The third-order valence-corrected chi connectivity index (χ3v) is 2.57. The molecule has 1 rings (SSSR count). The van der Waals surface area contributed by atoms with Gasteiger partial charge in [0.15, 0.2) is 0 Å². The Balaban J connectivity index is 3.19. The van der Waals surface area contributed by atoms with Crippen LogP contribution in [0.25, 0.3) is 0 Å². The van der Waals surface area contributed by atoms with Crippen LogP contribution in [0.2, 0.25) is 0 Å². The number of hydrogen-bond acceptors (Lipinski definition) is 2. The number of rotatable bonds is 1. The maximum Gasteiger partial charge on any atom is 0.201 e. The van der Waals surface area contributed by atoms with E-state index in [-0.39, 0.29) is 0 Å². The summed E-state index contributed by atoms with van der Waals surface area (Å²) < 4.78 is 2.81. The first kappa shape index (κ1) is 8.59. The highest BCUT2D eigenvalue weighted by atomic mass is 79.9. The Hall–Kier alpha value is -0.510. The molecule has 11 heavy (non-hydrogen) atoms. The van der Waals surface area contributed by atoms with E-state index in [2.05, 4.69) is 34.8 Å². The highest BCUT2D eigenvalue weighted by Crippen LogP contribution is 2.24. The molecule has 0 amide bonds. The monoisotopic (exact) mass is 217 g/mol. The summed E-state index contributed by atoms with van der Waals surface area (Å²) in [5, 5.41) is 0. The summed E-state index contributed by atoms with van der Waals surface area (Å²) in [5.74, 6) is 0.966. The number of anilines is 1. The highest BCUT2D eigenvalue weighted by Gasteiger charge is 2.12. The van der Waals surface area contributed by atoms with Crippen molar-refractivity contribution in [1.29, 1.82) is 0 Å². The fraction of sp³-hybridized carbons (Fsp3) is 0.571. The van der Waals surface area contributed by atoms with Crippen LogP contribution < -0.4 is 5.73 Å². The van der Waals surface area contributed by atoms with Gasteiger partial charge in [0.25, 0.3) is 0 Å². The Bertz CT molecular complexity index is 265. The zero-order valence-electron chi connectivity index (χ0n) is 6.93. The number of nitrogens with zero attached hydrogens (tertiary/aromatic N) is 2. The predicted molar refractivity (Wildman–Crippen MR) is 49.4 cm³/mol. The van der Waals surface area contributed by atoms with E-state index < -0.39 is 0 Å². The van der Waals surface area contributed by atoms with Gasteiger partial charge in [0, 0.05) is 7.05 Å². The molecule has 4 heteroatoms. The van der Waals surface area contributed by atoms with E-state index in [1.807, 2.05) is 11.6 Å². The van der Waals surface area contributed by atoms with Crippen molar-refractivity contribution in [2.45, 2.75) is 19.8 Å². The first-order valence-corrected chi connectivity index (χ1v) is 4.31. The van der Waals surface area contributed by atoms with Crippen molar-refractivity contribution in [2.75, 3.05) is 5.73 Å². The smallest absolute Gasteiger partial charge is 0.201 e. The van der Waals surface area contributed by atoms with Crippen LogP contribution in [-0.4, -0.2) is 9.55 Å². The van der Waals surface area contributed by atoms with E-state index >= 15 is 0 Å². The Morgan fingerprint density at radius 1 is 1.55 bits per heavy atom. The second-order valence-corrected chi connectivity index (χ2v) is 3.61. The third-order valence-electron chi connectivity index (χ3n) is 1.63. The molecule has 0 saturated heterocycles. The Labute approximate surface area is 74.7 Å². The van der Waals surface area contributed by atoms with Crippen molar-refractivity contribution < 1.29 is 0 Å². The number of aromatic nitrogens is 2. The number of hydrogen-bond donors (Lipinski definition) is 1. The molecule has 62 valence electrons. The standard InChI is InChI=1S/C7H12BrN3/c1-4(2)5-6(8)11(3)7(9)10-5/h4H,1-3H3,(H2,9,10). The second kappa shape index (κ2) is 2.85. The Morgan fingerprint density at radius 2 is 2.09 bits per heavy atom. The lowest BCUT2D eigenvalue weighted by Crippen LogP contribution is -1.96. The van der Waals surface area contributed by atoms with Crippen LogP contribution in [0.15, 0.2) is 4.60 Å². The van der Waals surface area contributed by atoms with Gasteiger partial charge in [-0.05, 0) is 21.8 Å². The van der Waals surface area contributed by atoms with Crippen molar-refractivity contribution in [1.82, 2.24) is 9.55 Å². The average Bonchev–Trinajstić information content (AvgIpc) is 2.17.